The van der Waals surface area contributed by atoms with Crippen molar-refractivity contribution in [3.8, 4) is 17.6 Å². The van der Waals surface area contributed by atoms with E-state index in [2.05, 4.69) is 0 Å². The summed E-state index contributed by atoms with van der Waals surface area (Å²) in [6, 6.07) is 4.67. The number of benzene rings is 1. The molecule has 0 spiro atoms. The minimum Gasteiger partial charge on any atom is -0.454 e. The highest BCUT2D eigenvalue weighted by molar-refractivity contribution is 6.59. The largest absolute Gasteiger partial charge is 0.489 e. The summed E-state index contributed by atoms with van der Waals surface area (Å²) in [5.74, 6) is 0.873. The third-order valence-electron chi connectivity index (χ3n) is 1.94. The monoisotopic (exact) mass is 191 g/mol. The summed E-state index contributed by atoms with van der Waals surface area (Å²) in [5, 5.41) is 26.7. The summed E-state index contributed by atoms with van der Waals surface area (Å²) >= 11 is 0. The number of fused-ring (bicyclic) bond motifs is 1. The van der Waals surface area contributed by atoms with Gasteiger partial charge in [0.1, 0.15) is 0 Å². The highest BCUT2D eigenvalue weighted by Crippen LogP contribution is 2.31. The maximum atomic E-state index is 8.97. The lowest BCUT2D eigenvalue weighted by Crippen LogP contribution is -2.32. The topological polar surface area (TPSA) is 82.7 Å². The van der Waals surface area contributed by atoms with Crippen molar-refractivity contribution in [3.05, 3.63) is 17.7 Å². The van der Waals surface area contributed by atoms with Crippen LogP contribution in [0.1, 0.15) is 5.56 Å². The Kier molecular flexibility index (Phi) is 2.04. The average molecular weight is 191 g/mol. The predicted octanol–water partition coefficient (Wildman–Crippen LogP) is -1.03. The zero-order valence-electron chi connectivity index (χ0n) is 7.10. The van der Waals surface area contributed by atoms with Crippen LogP contribution in [0.15, 0.2) is 12.1 Å². The van der Waals surface area contributed by atoms with Crippen LogP contribution in [-0.4, -0.2) is 24.0 Å². The molecule has 2 rings (SSSR count). The molecule has 70 valence electrons. The number of rotatable bonds is 1. The van der Waals surface area contributed by atoms with Crippen molar-refractivity contribution in [2.45, 2.75) is 0 Å². The van der Waals surface area contributed by atoms with Crippen LogP contribution < -0.4 is 14.9 Å². The zero-order chi connectivity index (χ0) is 10.1. The van der Waals surface area contributed by atoms with E-state index in [-0.39, 0.29) is 17.8 Å². The number of nitrogens with zero attached hydrogens (tertiary/aromatic N) is 1. The molecule has 0 aliphatic carbocycles. The predicted molar refractivity (Wildman–Crippen MR) is 47.1 cm³/mol. The molecule has 0 bridgehead atoms. The van der Waals surface area contributed by atoms with Crippen molar-refractivity contribution < 1.29 is 19.5 Å². The van der Waals surface area contributed by atoms with Crippen LogP contribution in [-0.2, 0) is 0 Å². The summed E-state index contributed by atoms with van der Waals surface area (Å²) in [5.41, 5.74) is 0.293. The molecular weight excluding hydrogens is 185 g/mol. The number of hydrogen-bond acceptors (Lipinski definition) is 5. The zero-order valence-corrected chi connectivity index (χ0v) is 7.10. The van der Waals surface area contributed by atoms with Gasteiger partial charge in [-0.1, -0.05) is 0 Å². The molecule has 0 saturated heterocycles. The van der Waals surface area contributed by atoms with Crippen LogP contribution in [0.3, 0.4) is 0 Å². The second-order valence-corrected chi connectivity index (χ2v) is 2.78. The second kappa shape index (κ2) is 3.22. The fourth-order valence-corrected chi connectivity index (χ4v) is 1.27. The molecule has 0 amide bonds. The second-order valence-electron chi connectivity index (χ2n) is 2.78. The highest BCUT2D eigenvalue weighted by Gasteiger charge is 2.22. The molecule has 0 fully saturated rings. The first-order valence-corrected chi connectivity index (χ1v) is 3.92. The van der Waals surface area contributed by atoms with E-state index in [1.807, 2.05) is 6.07 Å². The van der Waals surface area contributed by atoms with Crippen molar-refractivity contribution in [2.75, 3.05) is 6.79 Å². The Morgan fingerprint density at radius 1 is 1.29 bits per heavy atom. The van der Waals surface area contributed by atoms with Gasteiger partial charge in [-0.25, -0.2) is 0 Å². The maximum Gasteiger partial charge on any atom is 0.489 e. The Morgan fingerprint density at radius 2 is 1.93 bits per heavy atom. The van der Waals surface area contributed by atoms with Gasteiger partial charge < -0.3 is 19.5 Å². The van der Waals surface area contributed by atoms with Crippen LogP contribution in [0.25, 0.3) is 0 Å². The van der Waals surface area contributed by atoms with E-state index in [0.29, 0.717) is 11.5 Å². The Bertz CT molecular complexity index is 413. The van der Waals surface area contributed by atoms with Gasteiger partial charge >= 0.3 is 7.12 Å². The van der Waals surface area contributed by atoms with Crippen molar-refractivity contribution in [2.24, 2.45) is 0 Å². The van der Waals surface area contributed by atoms with Crippen LogP contribution in [0, 0.1) is 11.3 Å². The van der Waals surface area contributed by atoms with Gasteiger partial charge in [-0.2, -0.15) is 5.26 Å². The van der Waals surface area contributed by atoms with Gasteiger partial charge in [0.05, 0.1) is 11.6 Å². The minimum atomic E-state index is -1.68. The molecular formula is C8H6BNO4. The third kappa shape index (κ3) is 1.29. The molecule has 2 N–H and O–H groups in total. The van der Waals surface area contributed by atoms with Crippen molar-refractivity contribution in [1.82, 2.24) is 0 Å². The van der Waals surface area contributed by atoms with Gasteiger partial charge in [-0.05, 0) is 6.07 Å². The van der Waals surface area contributed by atoms with Crippen LogP contribution in [0.5, 0.6) is 11.5 Å². The van der Waals surface area contributed by atoms with Crippen LogP contribution in [0.4, 0.5) is 0 Å². The smallest absolute Gasteiger partial charge is 0.454 e. The van der Waals surface area contributed by atoms with Gasteiger partial charge in [0, 0.05) is 11.5 Å². The minimum absolute atomic E-state index is 0.0885. The third-order valence-corrected chi connectivity index (χ3v) is 1.94. The molecule has 1 aromatic carbocycles. The molecule has 0 saturated carbocycles. The first kappa shape index (κ1) is 8.87. The summed E-state index contributed by atoms with van der Waals surface area (Å²) in [4.78, 5) is 0. The fraction of sp³-hybridized carbons (Fsp3) is 0.125. The lowest BCUT2D eigenvalue weighted by Gasteiger charge is -2.03. The molecule has 5 nitrogen and oxygen atoms in total. The molecule has 0 radical (unpaired) electrons. The van der Waals surface area contributed by atoms with E-state index in [4.69, 9.17) is 24.8 Å². The summed E-state index contributed by atoms with van der Waals surface area (Å²) in [6.45, 7) is 0.0885. The van der Waals surface area contributed by atoms with E-state index in [1.165, 1.54) is 12.1 Å². The van der Waals surface area contributed by atoms with E-state index >= 15 is 0 Å². The Hall–Kier alpha value is -1.71. The molecule has 1 aromatic rings. The summed E-state index contributed by atoms with van der Waals surface area (Å²) in [6.07, 6.45) is 0. The fourth-order valence-electron chi connectivity index (χ4n) is 1.27. The van der Waals surface area contributed by atoms with Crippen LogP contribution >= 0.6 is 0 Å². The SMILES string of the molecule is N#Cc1cc2c(cc1B(O)O)OCO2. The van der Waals surface area contributed by atoms with Crippen LogP contribution in [0.2, 0.25) is 0 Å². The Labute approximate surface area is 80.3 Å². The average Bonchev–Trinajstić information content (AvgIpc) is 2.62. The van der Waals surface area contributed by atoms with Gasteiger partial charge in [0.15, 0.2) is 11.5 Å². The molecule has 1 heterocycles. The molecule has 0 atom stereocenters. The van der Waals surface area contributed by atoms with Crippen molar-refractivity contribution in [1.29, 1.82) is 5.26 Å². The number of ether oxygens (including phenoxy) is 2. The molecule has 1 aliphatic rings. The van der Waals surface area contributed by atoms with E-state index in [1.54, 1.807) is 0 Å². The lowest BCUT2D eigenvalue weighted by molar-refractivity contribution is 0.174. The Balaban J connectivity index is 2.56. The number of hydrogen-bond donors (Lipinski definition) is 2. The van der Waals surface area contributed by atoms with E-state index in [9.17, 15) is 0 Å². The van der Waals surface area contributed by atoms with Gasteiger partial charge in [0.25, 0.3) is 0 Å². The molecule has 0 aromatic heterocycles. The first-order chi connectivity index (χ1) is 6.72. The molecule has 0 unspecified atom stereocenters. The lowest BCUT2D eigenvalue weighted by atomic mass is 9.77. The van der Waals surface area contributed by atoms with Crippen molar-refractivity contribution in [3.63, 3.8) is 0 Å². The first-order valence-electron chi connectivity index (χ1n) is 3.92. The molecule has 14 heavy (non-hydrogen) atoms. The van der Waals surface area contributed by atoms with E-state index < -0.39 is 7.12 Å². The molecule has 6 heteroatoms. The van der Waals surface area contributed by atoms with Crippen molar-refractivity contribution >= 4 is 12.6 Å². The Morgan fingerprint density at radius 3 is 2.50 bits per heavy atom. The normalized spacial score (nSPS) is 12.4. The standard InChI is InChI=1S/C8H6BNO4/c10-3-5-1-7-8(14-4-13-7)2-6(5)9(11)12/h1-2,11-12H,4H2. The highest BCUT2D eigenvalue weighted by atomic mass is 16.7. The van der Waals surface area contributed by atoms with Gasteiger partial charge in [-0.3, -0.25) is 0 Å². The summed E-state index contributed by atoms with van der Waals surface area (Å²) < 4.78 is 10.1. The molecule has 1 aliphatic heterocycles. The van der Waals surface area contributed by atoms with E-state index in [0.717, 1.165) is 0 Å². The summed E-state index contributed by atoms with van der Waals surface area (Å²) in [7, 11) is -1.68. The quantitative estimate of drug-likeness (QED) is 0.554. The maximum absolute atomic E-state index is 8.97. The number of nitriles is 1. The van der Waals surface area contributed by atoms with Gasteiger partial charge in [-0.15, -0.1) is 0 Å². The van der Waals surface area contributed by atoms with Gasteiger partial charge in [0.2, 0.25) is 6.79 Å².